The minimum absolute atomic E-state index is 0.219. The quantitative estimate of drug-likeness (QED) is 0.626. The Hall–Kier alpha value is -0.290. The lowest BCUT2D eigenvalue weighted by atomic mass is 10.7. The van der Waals surface area contributed by atoms with E-state index in [-0.39, 0.29) is 5.88 Å². The molecule has 3 nitrogen and oxygen atoms in total. The maximum absolute atomic E-state index is 9.30. The van der Waals surface area contributed by atoms with Gasteiger partial charge in [-0.1, -0.05) is 15.9 Å². The number of rotatable bonds is 2. The van der Waals surface area contributed by atoms with Crippen molar-refractivity contribution >= 4 is 28.1 Å². The third-order valence-corrected chi connectivity index (χ3v) is 2.29. The van der Waals surface area contributed by atoms with Crippen LogP contribution in [0.3, 0.4) is 0 Å². The van der Waals surface area contributed by atoms with Gasteiger partial charge in [-0.15, -0.1) is 0 Å². The molecule has 0 bridgehead atoms. The fourth-order valence-electron chi connectivity index (χ4n) is 0.881. The van der Waals surface area contributed by atoms with Crippen molar-refractivity contribution in [3.8, 4) is 5.88 Å². The first-order chi connectivity index (χ1) is 5.16. The molecular weight excluding hydrogens is 228 g/mol. The third kappa shape index (κ3) is 1.65. The van der Waals surface area contributed by atoms with Crippen LogP contribution in [0.1, 0.15) is 0 Å². The second kappa shape index (κ2) is 3.40. The van der Waals surface area contributed by atoms with E-state index >= 15 is 0 Å². The van der Waals surface area contributed by atoms with Gasteiger partial charge in [-0.05, 0) is 12.2 Å². The molecule has 0 aliphatic heterocycles. The van der Waals surface area contributed by atoms with Crippen LogP contribution in [0.5, 0.6) is 5.88 Å². The van der Waals surface area contributed by atoms with Gasteiger partial charge in [0.2, 0.25) is 5.88 Å². The number of imidazole rings is 1. The average Bonchev–Trinajstić information content (AvgIpc) is 2.17. The highest BCUT2D eigenvalue weighted by molar-refractivity contribution is 9.09. The Kier molecular flexibility index (Phi) is 2.72. The maximum Gasteiger partial charge on any atom is 0.210 e. The molecule has 5 heteroatoms. The van der Waals surface area contributed by atoms with Crippen LogP contribution in [0.2, 0.25) is 0 Å². The number of alkyl halides is 1. The topological polar surface area (TPSA) is 30.1 Å². The minimum atomic E-state index is 0.219. The smallest absolute Gasteiger partial charge is 0.210 e. The molecule has 0 radical (unpaired) electrons. The first-order valence-corrected chi connectivity index (χ1v) is 4.71. The molecule has 0 saturated carbocycles. The largest absolute Gasteiger partial charge is 0.493 e. The van der Waals surface area contributed by atoms with E-state index in [1.54, 1.807) is 15.3 Å². The van der Waals surface area contributed by atoms with Crippen LogP contribution >= 0.6 is 28.1 Å². The summed E-state index contributed by atoms with van der Waals surface area (Å²) in [4.78, 5) is 0. The van der Waals surface area contributed by atoms with E-state index < -0.39 is 0 Å². The Morgan fingerprint density at radius 1 is 1.73 bits per heavy atom. The van der Waals surface area contributed by atoms with Crippen LogP contribution in [0, 0.1) is 4.77 Å². The van der Waals surface area contributed by atoms with Gasteiger partial charge in [-0.2, -0.15) is 0 Å². The van der Waals surface area contributed by atoms with Crippen molar-refractivity contribution < 1.29 is 5.11 Å². The molecule has 1 N–H and O–H groups in total. The summed E-state index contributed by atoms with van der Waals surface area (Å²) in [7, 11) is 1.81. The zero-order chi connectivity index (χ0) is 8.43. The third-order valence-electron chi connectivity index (χ3n) is 1.43. The Morgan fingerprint density at radius 2 is 2.36 bits per heavy atom. The van der Waals surface area contributed by atoms with Crippen molar-refractivity contribution in [1.29, 1.82) is 0 Å². The average molecular weight is 237 g/mol. The summed E-state index contributed by atoms with van der Waals surface area (Å²) in [5, 5.41) is 10.1. The van der Waals surface area contributed by atoms with Crippen LogP contribution in [0.25, 0.3) is 0 Å². The molecule has 0 amide bonds. The molecule has 1 aromatic heterocycles. The van der Waals surface area contributed by atoms with Crippen molar-refractivity contribution in [3.63, 3.8) is 0 Å². The summed E-state index contributed by atoms with van der Waals surface area (Å²) in [5.74, 6) is 0.219. The summed E-state index contributed by atoms with van der Waals surface area (Å²) in [5.41, 5.74) is 0. The van der Waals surface area contributed by atoms with Crippen molar-refractivity contribution in [1.82, 2.24) is 9.13 Å². The van der Waals surface area contributed by atoms with E-state index in [1.165, 1.54) is 0 Å². The number of aromatic nitrogens is 2. The van der Waals surface area contributed by atoms with Gasteiger partial charge in [0, 0.05) is 18.9 Å². The van der Waals surface area contributed by atoms with Gasteiger partial charge in [0.05, 0.1) is 6.20 Å². The fourth-order valence-corrected chi connectivity index (χ4v) is 1.47. The molecule has 0 unspecified atom stereocenters. The Morgan fingerprint density at radius 3 is 2.73 bits per heavy atom. The van der Waals surface area contributed by atoms with E-state index in [1.807, 2.05) is 7.05 Å². The lowest BCUT2D eigenvalue weighted by Crippen LogP contribution is -1.99. The van der Waals surface area contributed by atoms with Crippen LogP contribution in [0.15, 0.2) is 6.20 Å². The molecule has 62 valence electrons. The zero-order valence-corrected chi connectivity index (χ0v) is 8.52. The number of nitrogens with zero attached hydrogens (tertiary/aromatic N) is 2. The summed E-state index contributed by atoms with van der Waals surface area (Å²) in [6.07, 6.45) is 1.60. The molecule has 0 fully saturated rings. The highest BCUT2D eigenvalue weighted by atomic mass is 79.9. The molecule has 1 heterocycles. The molecule has 0 aliphatic rings. The van der Waals surface area contributed by atoms with Crippen LogP contribution in [-0.2, 0) is 13.6 Å². The van der Waals surface area contributed by atoms with Gasteiger partial charge in [0.25, 0.3) is 0 Å². The SMILES string of the molecule is Cn1cc(O)n(CCBr)c1=S. The van der Waals surface area contributed by atoms with E-state index in [0.29, 0.717) is 11.3 Å². The van der Waals surface area contributed by atoms with Gasteiger partial charge in [0.1, 0.15) is 0 Å². The number of halogens is 1. The molecule has 1 aromatic rings. The highest BCUT2D eigenvalue weighted by Gasteiger charge is 2.02. The van der Waals surface area contributed by atoms with Crippen LogP contribution < -0.4 is 0 Å². The Bertz CT molecular complexity index is 304. The fraction of sp³-hybridized carbons (Fsp3) is 0.500. The molecule has 0 atom stereocenters. The lowest BCUT2D eigenvalue weighted by Gasteiger charge is -1.98. The first-order valence-electron chi connectivity index (χ1n) is 3.18. The first kappa shape index (κ1) is 8.80. The van der Waals surface area contributed by atoms with Crippen molar-refractivity contribution in [2.45, 2.75) is 6.54 Å². The molecule has 0 aliphatic carbocycles. The maximum atomic E-state index is 9.30. The number of hydrogen-bond acceptors (Lipinski definition) is 2. The summed E-state index contributed by atoms with van der Waals surface area (Å²) < 4.78 is 4.03. The van der Waals surface area contributed by atoms with Crippen molar-refractivity contribution in [3.05, 3.63) is 11.0 Å². The Balaban J connectivity index is 3.12. The van der Waals surface area contributed by atoms with E-state index in [2.05, 4.69) is 15.9 Å². The van der Waals surface area contributed by atoms with Crippen LogP contribution in [0.4, 0.5) is 0 Å². The normalized spacial score (nSPS) is 10.4. The standard InChI is InChI=1S/C6H9BrN2OS/c1-8-4-5(10)9(3-2-7)6(8)11/h4,10H,2-3H2,1H3. The van der Waals surface area contributed by atoms with Crippen molar-refractivity contribution in [2.24, 2.45) is 7.05 Å². The second-order valence-electron chi connectivity index (χ2n) is 2.22. The molecular formula is C6H9BrN2OS. The van der Waals surface area contributed by atoms with Gasteiger partial charge in [-0.3, -0.25) is 4.57 Å². The molecule has 0 saturated heterocycles. The molecule has 11 heavy (non-hydrogen) atoms. The zero-order valence-electron chi connectivity index (χ0n) is 6.12. The van der Waals surface area contributed by atoms with E-state index in [9.17, 15) is 5.11 Å². The summed E-state index contributed by atoms with van der Waals surface area (Å²) in [6, 6.07) is 0. The van der Waals surface area contributed by atoms with Gasteiger partial charge >= 0.3 is 0 Å². The lowest BCUT2D eigenvalue weighted by molar-refractivity contribution is 0.421. The van der Waals surface area contributed by atoms with Gasteiger partial charge < -0.3 is 9.67 Å². The van der Waals surface area contributed by atoms with Crippen LogP contribution in [-0.4, -0.2) is 19.6 Å². The minimum Gasteiger partial charge on any atom is -0.493 e. The van der Waals surface area contributed by atoms with Crippen molar-refractivity contribution in [2.75, 3.05) is 5.33 Å². The number of aryl methyl sites for hydroxylation is 1. The predicted molar refractivity (Wildman–Crippen MR) is 49.7 cm³/mol. The number of hydrogen-bond donors (Lipinski definition) is 1. The molecule has 0 aromatic carbocycles. The van der Waals surface area contributed by atoms with E-state index in [4.69, 9.17) is 12.2 Å². The van der Waals surface area contributed by atoms with Gasteiger partial charge in [-0.25, -0.2) is 0 Å². The summed E-state index contributed by atoms with van der Waals surface area (Å²) >= 11 is 8.30. The molecule has 1 rings (SSSR count). The second-order valence-corrected chi connectivity index (χ2v) is 3.38. The number of aromatic hydroxyl groups is 1. The Labute approximate surface area is 78.4 Å². The highest BCUT2D eigenvalue weighted by Crippen LogP contribution is 2.11. The van der Waals surface area contributed by atoms with Gasteiger partial charge in [0.15, 0.2) is 4.77 Å². The monoisotopic (exact) mass is 236 g/mol. The molecule has 0 spiro atoms. The van der Waals surface area contributed by atoms with E-state index in [0.717, 1.165) is 5.33 Å². The summed E-state index contributed by atoms with van der Waals surface area (Å²) in [6.45, 7) is 0.700. The predicted octanol–water partition coefficient (Wildman–Crippen LogP) is 1.66.